The molecule has 1 heterocycles. The van der Waals surface area contributed by atoms with E-state index in [0.29, 0.717) is 6.04 Å². The van der Waals surface area contributed by atoms with Gasteiger partial charge in [-0.25, -0.2) is 4.63 Å². The molecule has 0 radical (unpaired) electrons. The summed E-state index contributed by atoms with van der Waals surface area (Å²) in [5.74, 6) is 0.891. The molecule has 90 valence electrons. The van der Waals surface area contributed by atoms with Crippen molar-refractivity contribution in [2.45, 2.75) is 58.5 Å². The quantitative estimate of drug-likeness (QED) is 0.800. The minimum Gasteiger partial charge on any atom is -0.308 e. The van der Waals surface area contributed by atoms with Crippen LogP contribution in [0.1, 0.15) is 50.4 Å². The van der Waals surface area contributed by atoms with Crippen molar-refractivity contribution in [3.8, 4) is 0 Å². The van der Waals surface area contributed by atoms with E-state index in [4.69, 9.17) is 0 Å². The number of nitrogens with one attached hydrogen (secondary N) is 1. The number of aromatic nitrogens is 2. The van der Waals surface area contributed by atoms with Crippen LogP contribution in [0.4, 0.5) is 0 Å². The van der Waals surface area contributed by atoms with E-state index in [1.54, 1.807) is 0 Å². The molecule has 2 rings (SSSR count). The highest BCUT2D eigenvalue weighted by Gasteiger charge is 2.16. The molecule has 0 saturated heterocycles. The molecule has 2 atom stereocenters. The van der Waals surface area contributed by atoms with Crippen molar-refractivity contribution in [2.24, 2.45) is 5.92 Å². The maximum atomic E-state index is 4.69. The predicted octanol–water partition coefficient (Wildman–Crippen LogP) is 2.44. The Morgan fingerprint density at radius 3 is 2.88 bits per heavy atom. The number of aryl methyl sites for hydroxylation is 1. The Morgan fingerprint density at radius 2 is 2.12 bits per heavy atom. The molecule has 1 fully saturated rings. The van der Waals surface area contributed by atoms with Gasteiger partial charge in [-0.2, -0.15) is 0 Å². The van der Waals surface area contributed by atoms with Gasteiger partial charge in [0.15, 0.2) is 0 Å². The van der Waals surface area contributed by atoms with E-state index >= 15 is 0 Å². The van der Waals surface area contributed by atoms with Crippen LogP contribution in [0.25, 0.3) is 0 Å². The molecule has 16 heavy (non-hydrogen) atoms. The highest BCUT2D eigenvalue weighted by molar-refractivity contribution is 5.04. The Morgan fingerprint density at radius 1 is 1.25 bits per heavy atom. The lowest BCUT2D eigenvalue weighted by atomic mass is 10.0. The topological polar surface area (TPSA) is 51.0 Å². The summed E-state index contributed by atoms with van der Waals surface area (Å²) in [6.07, 6.45) is 6.63. The molecule has 1 aromatic heterocycles. The number of hydrogen-bond donors (Lipinski definition) is 1. The second-order valence-corrected chi connectivity index (χ2v) is 4.99. The highest BCUT2D eigenvalue weighted by Crippen LogP contribution is 2.22. The summed E-state index contributed by atoms with van der Waals surface area (Å²) in [6, 6.07) is 0.640. The van der Waals surface area contributed by atoms with Gasteiger partial charge in [0.2, 0.25) is 0 Å². The van der Waals surface area contributed by atoms with Crippen LogP contribution in [0.5, 0.6) is 0 Å². The average Bonchev–Trinajstić information content (AvgIpc) is 2.55. The Hall–Kier alpha value is -0.900. The van der Waals surface area contributed by atoms with E-state index < -0.39 is 0 Å². The van der Waals surface area contributed by atoms with Gasteiger partial charge in [0, 0.05) is 12.6 Å². The standard InChI is InChI=1S/C12H21N3O/c1-9-4-3-5-11(7-6-9)13-8-12-10(2)14-16-15-12/h9,11,13H,3-8H2,1-2H3. The third-order valence-corrected chi connectivity index (χ3v) is 3.56. The Kier molecular flexibility index (Phi) is 3.93. The van der Waals surface area contributed by atoms with Gasteiger partial charge < -0.3 is 5.32 Å². The molecule has 4 heteroatoms. The molecule has 0 aromatic carbocycles. The van der Waals surface area contributed by atoms with Gasteiger partial charge in [-0.1, -0.05) is 30.1 Å². The van der Waals surface area contributed by atoms with Gasteiger partial charge >= 0.3 is 0 Å². The van der Waals surface area contributed by atoms with Crippen molar-refractivity contribution in [1.82, 2.24) is 15.6 Å². The maximum absolute atomic E-state index is 4.69. The lowest BCUT2D eigenvalue weighted by Crippen LogP contribution is -2.28. The van der Waals surface area contributed by atoms with Crippen molar-refractivity contribution in [3.63, 3.8) is 0 Å². The van der Waals surface area contributed by atoms with Crippen LogP contribution in [0.3, 0.4) is 0 Å². The molecule has 4 nitrogen and oxygen atoms in total. The summed E-state index contributed by atoms with van der Waals surface area (Å²) in [5.41, 5.74) is 1.84. The van der Waals surface area contributed by atoms with Crippen molar-refractivity contribution in [2.75, 3.05) is 0 Å². The minimum absolute atomic E-state index is 0.640. The predicted molar refractivity (Wildman–Crippen MR) is 61.9 cm³/mol. The fourth-order valence-corrected chi connectivity index (χ4v) is 2.34. The number of rotatable bonds is 3. The average molecular weight is 223 g/mol. The second kappa shape index (κ2) is 5.43. The van der Waals surface area contributed by atoms with Crippen LogP contribution in [0.2, 0.25) is 0 Å². The lowest BCUT2D eigenvalue weighted by Gasteiger charge is -2.15. The Labute approximate surface area is 96.8 Å². The summed E-state index contributed by atoms with van der Waals surface area (Å²) in [7, 11) is 0. The van der Waals surface area contributed by atoms with E-state index in [1.165, 1.54) is 32.1 Å². The smallest absolute Gasteiger partial charge is 0.121 e. The molecule has 1 aliphatic carbocycles. The molecule has 0 amide bonds. The number of hydrogen-bond acceptors (Lipinski definition) is 4. The van der Waals surface area contributed by atoms with E-state index in [1.807, 2.05) is 6.92 Å². The van der Waals surface area contributed by atoms with Gasteiger partial charge in [0.1, 0.15) is 11.4 Å². The summed E-state index contributed by atoms with van der Waals surface area (Å²) < 4.78 is 4.69. The Balaban J connectivity index is 1.79. The third-order valence-electron chi connectivity index (χ3n) is 3.56. The SMILES string of the molecule is Cc1nonc1CNC1CCCC(C)CC1. The summed E-state index contributed by atoms with van der Waals surface area (Å²) in [4.78, 5) is 0. The van der Waals surface area contributed by atoms with Crippen LogP contribution in [0, 0.1) is 12.8 Å². The van der Waals surface area contributed by atoms with Crippen molar-refractivity contribution < 1.29 is 4.63 Å². The van der Waals surface area contributed by atoms with Crippen molar-refractivity contribution >= 4 is 0 Å². The van der Waals surface area contributed by atoms with Crippen LogP contribution in [-0.2, 0) is 6.54 Å². The minimum atomic E-state index is 0.640. The molecule has 2 unspecified atom stereocenters. The molecule has 1 saturated carbocycles. The Bertz CT molecular complexity index is 324. The van der Waals surface area contributed by atoms with Crippen LogP contribution in [-0.4, -0.2) is 16.4 Å². The molecular formula is C12H21N3O. The second-order valence-electron chi connectivity index (χ2n) is 4.99. The zero-order valence-corrected chi connectivity index (χ0v) is 10.2. The van der Waals surface area contributed by atoms with Crippen molar-refractivity contribution in [1.29, 1.82) is 0 Å². The molecule has 1 N–H and O–H groups in total. The van der Waals surface area contributed by atoms with Gasteiger partial charge in [0.05, 0.1) is 0 Å². The molecule has 0 bridgehead atoms. The fourth-order valence-electron chi connectivity index (χ4n) is 2.34. The molecule has 1 aliphatic rings. The first-order valence-corrected chi connectivity index (χ1v) is 6.27. The molecule has 0 spiro atoms. The van der Waals surface area contributed by atoms with E-state index in [2.05, 4.69) is 27.2 Å². The van der Waals surface area contributed by atoms with Gasteiger partial charge in [0.25, 0.3) is 0 Å². The van der Waals surface area contributed by atoms with Crippen LogP contribution < -0.4 is 5.32 Å². The van der Waals surface area contributed by atoms with Gasteiger partial charge in [-0.3, -0.25) is 0 Å². The molecular weight excluding hydrogens is 202 g/mol. The van der Waals surface area contributed by atoms with E-state index in [9.17, 15) is 0 Å². The summed E-state index contributed by atoms with van der Waals surface area (Å²) >= 11 is 0. The monoisotopic (exact) mass is 223 g/mol. The summed E-state index contributed by atoms with van der Waals surface area (Å²) in [5, 5.41) is 11.2. The number of nitrogens with zero attached hydrogens (tertiary/aromatic N) is 2. The van der Waals surface area contributed by atoms with Crippen LogP contribution in [0.15, 0.2) is 4.63 Å². The molecule has 0 aliphatic heterocycles. The first-order valence-electron chi connectivity index (χ1n) is 6.27. The van der Waals surface area contributed by atoms with Gasteiger partial charge in [-0.05, 0) is 32.1 Å². The van der Waals surface area contributed by atoms with Crippen LogP contribution >= 0.6 is 0 Å². The highest BCUT2D eigenvalue weighted by atomic mass is 16.6. The lowest BCUT2D eigenvalue weighted by molar-refractivity contribution is 0.299. The maximum Gasteiger partial charge on any atom is 0.121 e. The third kappa shape index (κ3) is 3.04. The zero-order valence-electron chi connectivity index (χ0n) is 10.2. The van der Waals surface area contributed by atoms with E-state index in [-0.39, 0.29) is 0 Å². The zero-order chi connectivity index (χ0) is 11.4. The van der Waals surface area contributed by atoms with Crippen molar-refractivity contribution in [3.05, 3.63) is 11.4 Å². The van der Waals surface area contributed by atoms with Gasteiger partial charge in [-0.15, -0.1) is 0 Å². The largest absolute Gasteiger partial charge is 0.308 e. The molecule has 1 aromatic rings. The fraction of sp³-hybridized carbons (Fsp3) is 0.833. The summed E-state index contributed by atoms with van der Waals surface area (Å²) in [6.45, 7) is 5.07. The van der Waals surface area contributed by atoms with E-state index in [0.717, 1.165) is 23.9 Å². The normalized spacial score (nSPS) is 26.6. The first kappa shape index (κ1) is 11.6. The first-order chi connectivity index (χ1) is 7.75.